The van der Waals surface area contributed by atoms with Crippen molar-refractivity contribution in [3.05, 3.63) is 60.7 Å². The van der Waals surface area contributed by atoms with Gasteiger partial charge in [-0.2, -0.15) is 0 Å². The van der Waals surface area contributed by atoms with Crippen molar-refractivity contribution >= 4 is 19.4 Å². The summed E-state index contributed by atoms with van der Waals surface area (Å²) in [5.74, 6) is 0. The Balaban J connectivity index is 1.87. The van der Waals surface area contributed by atoms with Crippen molar-refractivity contribution in [3.63, 3.8) is 0 Å². The summed E-state index contributed by atoms with van der Waals surface area (Å²) in [6.07, 6.45) is 0.104. The summed E-state index contributed by atoms with van der Waals surface area (Å²) in [6.45, 7) is 12.2. The molecule has 1 aliphatic heterocycles. The van der Waals surface area contributed by atoms with Crippen molar-refractivity contribution in [1.29, 1.82) is 0 Å². The van der Waals surface area contributed by atoms with Crippen LogP contribution >= 0.6 is 0 Å². The van der Waals surface area contributed by atoms with Gasteiger partial charge in [-0.15, -0.1) is 0 Å². The van der Waals surface area contributed by atoms with E-state index in [-0.39, 0.29) is 11.6 Å². The molecule has 3 rings (SSSR count). The molecule has 139 valence electrons. The Hall–Kier alpha value is -1.46. The number of hydrogen-bond donors (Lipinski definition) is 1. The lowest BCUT2D eigenvalue weighted by Gasteiger charge is -2.45. The topological polar surface area (TPSA) is 24.5 Å². The average Bonchev–Trinajstić information content (AvgIpc) is 2.66. The first kappa shape index (κ1) is 19.3. The lowest BCUT2D eigenvalue weighted by atomic mass is 9.86. The van der Waals surface area contributed by atoms with Crippen LogP contribution in [-0.2, 0) is 4.43 Å². The summed E-state index contributed by atoms with van der Waals surface area (Å²) >= 11 is 0. The molecule has 0 spiro atoms. The number of hydrogen-bond acceptors (Lipinski definition) is 3. The summed E-state index contributed by atoms with van der Waals surface area (Å²) in [5.41, 5.74) is 0.228. The van der Waals surface area contributed by atoms with Crippen molar-refractivity contribution in [2.24, 2.45) is 5.41 Å². The zero-order valence-electron chi connectivity index (χ0n) is 16.4. The van der Waals surface area contributed by atoms with Crippen LogP contribution in [0.3, 0.4) is 0 Å². The van der Waals surface area contributed by atoms with Crippen LogP contribution in [0.1, 0.15) is 27.7 Å². The van der Waals surface area contributed by atoms with Crippen LogP contribution in [0.2, 0.25) is 0 Å². The molecule has 1 radical (unpaired) electrons. The zero-order valence-corrected chi connectivity index (χ0v) is 17.4. The molecule has 3 nitrogen and oxygen atoms in total. The molecule has 0 saturated carbocycles. The Morgan fingerprint density at radius 2 is 1.54 bits per heavy atom. The zero-order chi connectivity index (χ0) is 18.6. The summed E-state index contributed by atoms with van der Waals surface area (Å²) in [4.78, 5) is 2.55. The molecule has 2 aromatic carbocycles. The molecule has 1 fully saturated rings. The molecular weight excluding hydrogens is 336 g/mol. The summed E-state index contributed by atoms with van der Waals surface area (Å²) < 4.78 is 6.86. The fraction of sp³-hybridized carbons (Fsp3) is 0.455. The van der Waals surface area contributed by atoms with Crippen LogP contribution in [0.25, 0.3) is 0 Å². The largest absolute Gasteiger partial charge is 0.390 e. The van der Waals surface area contributed by atoms with Gasteiger partial charge in [0.2, 0.25) is 0 Å². The second-order valence-corrected chi connectivity index (χ2v) is 10.2. The fourth-order valence-electron chi connectivity index (χ4n) is 3.36. The third-order valence-corrected chi connectivity index (χ3v) is 7.54. The molecule has 1 heterocycles. The van der Waals surface area contributed by atoms with Crippen LogP contribution < -0.4 is 15.7 Å². The van der Waals surface area contributed by atoms with Crippen LogP contribution in [-0.4, -0.2) is 45.8 Å². The average molecular weight is 368 g/mol. The lowest BCUT2D eigenvalue weighted by Crippen LogP contribution is -2.61. The number of piperazine rings is 1. The van der Waals surface area contributed by atoms with E-state index in [9.17, 15) is 0 Å². The third-order valence-electron chi connectivity index (χ3n) is 5.31. The first-order chi connectivity index (χ1) is 12.5. The van der Waals surface area contributed by atoms with Crippen LogP contribution in [0, 0.1) is 5.41 Å². The Morgan fingerprint density at radius 1 is 1.00 bits per heavy atom. The first-order valence-electron chi connectivity index (χ1n) is 9.58. The highest BCUT2D eigenvalue weighted by atomic mass is 28.3. The van der Waals surface area contributed by atoms with Gasteiger partial charge in [-0.3, -0.25) is 4.90 Å². The summed E-state index contributed by atoms with van der Waals surface area (Å²) in [5, 5.41) is 6.14. The maximum atomic E-state index is 6.86. The van der Waals surface area contributed by atoms with Gasteiger partial charge >= 0.3 is 0 Å². The van der Waals surface area contributed by atoms with Crippen molar-refractivity contribution < 1.29 is 4.43 Å². The van der Waals surface area contributed by atoms with E-state index in [0.29, 0.717) is 6.04 Å². The van der Waals surface area contributed by atoms with E-state index in [0.717, 1.165) is 19.6 Å². The van der Waals surface area contributed by atoms with Crippen molar-refractivity contribution in [3.8, 4) is 0 Å². The van der Waals surface area contributed by atoms with Gasteiger partial charge in [-0.25, -0.2) is 0 Å². The van der Waals surface area contributed by atoms with E-state index in [4.69, 9.17) is 4.43 Å². The normalized spacial score (nSPS) is 20.3. The standard InChI is InChI=1S/C22H31N2OSi/c1-18(22(2,3)4)24-16-15-23-17-21(24)25-26(19-11-7-5-8-12-19)20-13-9-6-10-14-20/h5-14,18,21,23H,15-17H2,1-4H3. The van der Waals surface area contributed by atoms with E-state index in [1.165, 1.54) is 10.4 Å². The van der Waals surface area contributed by atoms with E-state index in [1.807, 2.05) is 0 Å². The maximum Gasteiger partial charge on any atom is 0.284 e. The number of rotatable bonds is 5. The third kappa shape index (κ3) is 4.63. The maximum absolute atomic E-state index is 6.86. The van der Waals surface area contributed by atoms with Crippen LogP contribution in [0.15, 0.2) is 60.7 Å². The minimum Gasteiger partial charge on any atom is -0.390 e. The fourth-order valence-corrected chi connectivity index (χ4v) is 5.45. The minimum absolute atomic E-state index is 0.104. The van der Waals surface area contributed by atoms with E-state index in [1.54, 1.807) is 0 Å². The number of nitrogens with zero attached hydrogens (tertiary/aromatic N) is 1. The van der Waals surface area contributed by atoms with Gasteiger partial charge in [-0.05, 0) is 22.7 Å². The minimum atomic E-state index is -1.29. The smallest absolute Gasteiger partial charge is 0.284 e. The van der Waals surface area contributed by atoms with E-state index >= 15 is 0 Å². The summed E-state index contributed by atoms with van der Waals surface area (Å²) in [7, 11) is -1.29. The quantitative estimate of drug-likeness (QED) is 0.822. The van der Waals surface area contributed by atoms with Crippen molar-refractivity contribution in [2.45, 2.75) is 40.0 Å². The van der Waals surface area contributed by atoms with Gasteiger partial charge in [0.25, 0.3) is 9.04 Å². The molecule has 2 unspecified atom stereocenters. The molecule has 26 heavy (non-hydrogen) atoms. The van der Waals surface area contributed by atoms with Gasteiger partial charge in [-0.1, -0.05) is 81.4 Å². The Bertz CT molecular complexity index is 632. The molecule has 1 N–H and O–H groups in total. The van der Waals surface area contributed by atoms with Gasteiger partial charge in [0, 0.05) is 25.7 Å². The number of nitrogens with one attached hydrogen (secondary N) is 1. The molecule has 1 saturated heterocycles. The first-order valence-corrected chi connectivity index (χ1v) is 11.0. The second-order valence-electron chi connectivity index (χ2n) is 8.12. The lowest BCUT2D eigenvalue weighted by molar-refractivity contribution is -0.0458. The van der Waals surface area contributed by atoms with Crippen molar-refractivity contribution in [1.82, 2.24) is 10.2 Å². The van der Waals surface area contributed by atoms with E-state index in [2.05, 4.69) is 98.6 Å². The Kier molecular flexibility index (Phi) is 6.30. The predicted octanol–water partition coefficient (Wildman–Crippen LogP) is 2.47. The van der Waals surface area contributed by atoms with Crippen LogP contribution in [0.4, 0.5) is 0 Å². The van der Waals surface area contributed by atoms with Gasteiger partial charge in [0.05, 0.1) is 0 Å². The molecule has 2 aromatic rings. The van der Waals surface area contributed by atoms with Crippen molar-refractivity contribution in [2.75, 3.05) is 19.6 Å². The highest BCUT2D eigenvalue weighted by Crippen LogP contribution is 2.26. The molecule has 0 aromatic heterocycles. The van der Waals surface area contributed by atoms with Gasteiger partial charge < -0.3 is 9.74 Å². The van der Waals surface area contributed by atoms with Gasteiger partial charge in [0.15, 0.2) is 0 Å². The number of benzene rings is 2. The molecular formula is C22H31N2OSi. The molecule has 1 aliphatic rings. The second kappa shape index (κ2) is 8.48. The Labute approximate surface area is 160 Å². The predicted molar refractivity (Wildman–Crippen MR) is 111 cm³/mol. The molecule has 2 atom stereocenters. The molecule has 0 aliphatic carbocycles. The highest BCUT2D eigenvalue weighted by Gasteiger charge is 2.35. The SMILES string of the molecule is CC(N1CCNCC1O[Si](c1ccccc1)c1ccccc1)C(C)(C)C. The summed E-state index contributed by atoms with van der Waals surface area (Å²) in [6, 6.07) is 21.9. The molecule has 4 heteroatoms. The van der Waals surface area contributed by atoms with Crippen LogP contribution in [0.5, 0.6) is 0 Å². The van der Waals surface area contributed by atoms with Gasteiger partial charge in [0.1, 0.15) is 6.23 Å². The Morgan fingerprint density at radius 3 is 2.04 bits per heavy atom. The monoisotopic (exact) mass is 367 g/mol. The highest BCUT2D eigenvalue weighted by molar-refractivity contribution is 6.80. The molecule has 0 amide bonds. The molecule has 0 bridgehead atoms. The van der Waals surface area contributed by atoms with E-state index < -0.39 is 9.04 Å².